The Morgan fingerprint density at radius 3 is 2.81 bits per heavy atom. The number of benzene rings is 1. The molecule has 1 aromatic carbocycles. The van der Waals surface area contributed by atoms with Gasteiger partial charge >= 0.3 is 0 Å². The number of nitrogens with zero attached hydrogens (tertiary/aromatic N) is 3. The number of aryl methyl sites for hydroxylation is 1. The van der Waals surface area contributed by atoms with Crippen LogP contribution in [0.25, 0.3) is 11.0 Å². The molecule has 1 aromatic heterocycles. The molecule has 0 bridgehead atoms. The van der Waals surface area contributed by atoms with Crippen LogP contribution in [0, 0.1) is 0 Å². The smallest absolute Gasteiger partial charge is 0.220 e. The molecule has 7 nitrogen and oxygen atoms in total. The summed E-state index contributed by atoms with van der Waals surface area (Å²) in [4.78, 5) is 19.8. The number of fused-ring (bicyclic) bond motifs is 1. The van der Waals surface area contributed by atoms with Crippen molar-refractivity contribution in [2.24, 2.45) is 0 Å². The first-order valence-corrected chi connectivity index (χ1v) is 11.8. The molecule has 7 heteroatoms. The number of ether oxygens (including phenoxy) is 1. The van der Waals surface area contributed by atoms with Crippen LogP contribution in [-0.4, -0.2) is 70.0 Å². The highest BCUT2D eigenvalue weighted by molar-refractivity contribution is 5.77. The monoisotopic (exact) mass is 428 g/mol. The second-order valence-corrected chi connectivity index (χ2v) is 9.18. The van der Waals surface area contributed by atoms with Gasteiger partial charge in [-0.3, -0.25) is 9.69 Å². The number of aliphatic hydroxyl groups excluding tert-OH is 1. The molecule has 1 aliphatic carbocycles. The van der Waals surface area contributed by atoms with Crippen LogP contribution in [0.3, 0.4) is 0 Å². The van der Waals surface area contributed by atoms with E-state index in [-0.39, 0.29) is 18.0 Å². The van der Waals surface area contributed by atoms with Crippen LogP contribution in [0.5, 0.6) is 0 Å². The molecule has 1 saturated carbocycles. The van der Waals surface area contributed by atoms with Gasteiger partial charge in [0, 0.05) is 38.0 Å². The largest absolute Gasteiger partial charge is 0.389 e. The number of carbonyl (C=O) groups is 1. The van der Waals surface area contributed by atoms with Crippen LogP contribution >= 0.6 is 0 Å². The Balaban J connectivity index is 1.31. The predicted molar refractivity (Wildman–Crippen MR) is 121 cm³/mol. The van der Waals surface area contributed by atoms with Gasteiger partial charge in [-0.15, -0.1) is 0 Å². The van der Waals surface area contributed by atoms with Gasteiger partial charge < -0.3 is 19.7 Å². The van der Waals surface area contributed by atoms with Crippen molar-refractivity contribution in [3.05, 3.63) is 30.1 Å². The summed E-state index contributed by atoms with van der Waals surface area (Å²) < 4.78 is 7.69. The number of morpholine rings is 1. The maximum absolute atomic E-state index is 12.7. The minimum absolute atomic E-state index is 0.0298. The lowest BCUT2D eigenvalue weighted by atomic mass is 9.86. The van der Waals surface area contributed by atoms with Crippen molar-refractivity contribution < 1.29 is 14.6 Å². The molecule has 1 amide bonds. The molecule has 2 N–H and O–H groups in total. The van der Waals surface area contributed by atoms with E-state index in [2.05, 4.69) is 34.7 Å². The fourth-order valence-corrected chi connectivity index (χ4v) is 5.07. The third-order valence-corrected chi connectivity index (χ3v) is 6.67. The Hall–Kier alpha value is -1.96. The fourth-order valence-electron chi connectivity index (χ4n) is 5.07. The Morgan fingerprint density at radius 1 is 1.26 bits per heavy atom. The van der Waals surface area contributed by atoms with E-state index in [4.69, 9.17) is 9.72 Å². The molecule has 31 heavy (non-hydrogen) atoms. The van der Waals surface area contributed by atoms with E-state index in [9.17, 15) is 9.90 Å². The van der Waals surface area contributed by atoms with Crippen molar-refractivity contribution in [1.82, 2.24) is 19.8 Å². The van der Waals surface area contributed by atoms with Gasteiger partial charge in [0.2, 0.25) is 5.91 Å². The second kappa shape index (κ2) is 10.1. The van der Waals surface area contributed by atoms with Crippen LogP contribution in [0.4, 0.5) is 0 Å². The zero-order valence-electron chi connectivity index (χ0n) is 18.8. The summed E-state index contributed by atoms with van der Waals surface area (Å²) in [5.74, 6) is 1.43. The molecule has 2 heterocycles. The molecule has 0 radical (unpaired) electrons. The maximum Gasteiger partial charge on any atom is 0.220 e. The fraction of sp³-hybridized carbons (Fsp3) is 0.667. The zero-order chi connectivity index (χ0) is 21.8. The van der Waals surface area contributed by atoms with Crippen LogP contribution in [-0.2, 0) is 16.1 Å². The SMILES string of the molecule is CC(C)c1nc2ccccc2n1CCCC(=O)N[C@@H]1CCC[C@@H](N2CCOCC2)[C@@H]1O. The van der Waals surface area contributed by atoms with Gasteiger partial charge in [-0.25, -0.2) is 4.98 Å². The molecule has 0 spiro atoms. The Bertz CT molecular complexity index is 875. The average Bonchev–Trinajstić information content (AvgIpc) is 3.15. The summed E-state index contributed by atoms with van der Waals surface area (Å²) in [6, 6.07) is 8.14. The summed E-state index contributed by atoms with van der Waals surface area (Å²) in [6.45, 7) is 8.24. The quantitative estimate of drug-likeness (QED) is 0.709. The standard InChI is InChI=1S/C24H36N4O3/c1-17(2)24-26-18-7-3-4-9-20(18)28(24)12-6-11-22(29)25-19-8-5-10-21(23(19)30)27-13-15-31-16-14-27/h3-4,7,9,17,19,21,23,30H,5-6,8,10-16H2,1-2H3,(H,25,29)/t19-,21-,23-/m1/s1. The third kappa shape index (κ3) is 5.10. The Morgan fingerprint density at radius 2 is 2.03 bits per heavy atom. The van der Waals surface area contributed by atoms with E-state index in [0.717, 1.165) is 75.4 Å². The molecule has 3 atom stereocenters. The van der Waals surface area contributed by atoms with Crippen LogP contribution < -0.4 is 5.32 Å². The number of hydrogen-bond donors (Lipinski definition) is 2. The molecule has 2 aliphatic rings. The normalized spacial score (nSPS) is 25.2. The van der Waals surface area contributed by atoms with Crippen molar-refractivity contribution in [2.75, 3.05) is 26.3 Å². The number of imidazole rings is 1. The highest BCUT2D eigenvalue weighted by Crippen LogP contribution is 2.25. The first-order valence-electron chi connectivity index (χ1n) is 11.8. The van der Waals surface area contributed by atoms with E-state index in [1.54, 1.807) is 0 Å². The van der Waals surface area contributed by atoms with Gasteiger partial charge in [0.05, 0.1) is 36.4 Å². The minimum atomic E-state index is -0.513. The summed E-state index contributed by atoms with van der Waals surface area (Å²) in [6.07, 6.45) is 3.55. The number of rotatable bonds is 7. The molecular weight excluding hydrogens is 392 g/mol. The number of carbonyl (C=O) groups excluding carboxylic acids is 1. The van der Waals surface area contributed by atoms with E-state index in [1.165, 1.54) is 0 Å². The van der Waals surface area contributed by atoms with E-state index < -0.39 is 6.10 Å². The Labute approximate surface area is 184 Å². The van der Waals surface area contributed by atoms with E-state index >= 15 is 0 Å². The molecular formula is C24H36N4O3. The summed E-state index contributed by atoms with van der Waals surface area (Å²) >= 11 is 0. The van der Waals surface area contributed by atoms with Crippen molar-refractivity contribution in [2.45, 2.75) is 76.6 Å². The van der Waals surface area contributed by atoms with Gasteiger partial charge in [0.1, 0.15) is 5.82 Å². The van der Waals surface area contributed by atoms with E-state index in [1.807, 2.05) is 18.2 Å². The Kier molecular flexibility index (Phi) is 7.25. The molecule has 4 rings (SSSR count). The third-order valence-electron chi connectivity index (χ3n) is 6.67. The first kappa shape index (κ1) is 22.2. The van der Waals surface area contributed by atoms with Crippen molar-refractivity contribution in [1.29, 1.82) is 0 Å². The highest BCUT2D eigenvalue weighted by atomic mass is 16.5. The summed E-state index contributed by atoms with van der Waals surface area (Å²) in [5, 5.41) is 14.0. The maximum atomic E-state index is 12.7. The number of nitrogens with one attached hydrogen (secondary N) is 1. The molecule has 0 unspecified atom stereocenters. The van der Waals surface area contributed by atoms with Gasteiger partial charge in [0.25, 0.3) is 0 Å². The zero-order valence-corrected chi connectivity index (χ0v) is 18.8. The van der Waals surface area contributed by atoms with Crippen molar-refractivity contribution in [3.63, 3.8) is 0 Å². The van der Waals surface area contributed by atoms with Crippen molar-refractivity contribution in [3.8, 4) is 0 Å². The van der Waals surface area contributed by atoms with Crippen molar-refractivity contribution >= 4 is 16.9 Å². The molecule has 170 valence electrons. The summed E-state index contributed by atoms with van der Waals surface area (Å²) in [7, 11) is 0. The lowest BCUT2D eigenvalue weighted by Crippen LogP contribution is -2.58. The topological polar surface area (TPSA) is 79.6 Å². The highest BCUT2D eigenvalue weighted by Gasteiger charge is 2.36. The first-order chi connectivity index (χ1) is 15.0. The number of aromatic nitrogens is 2. The lowest BCUT2D eigenvalue weighted by molar-refractivity contribution is -0.124. The number of amides is 1. The molecule has 1 aliphatic heterocycles. The average molecular weight is 429 g/mol. The molecule has 2 fully saturated rings. The molecule has 1 saturated heterocycles. The van der Waals surface area contributed by atoms with E-state index in [0.29, 0.717) is 12.3 Å². The summed E-state index contributed by atoms with van der Waals surface area (Å²) in [5.41, 5.74) is 2.14. The van der Waals surface area contributed by atoms with Gasteiger partial charge in [0.15, 0.2) is 0 Å². The second-order valence-electron chi connectivity index (χ2n) is 9.18. The number of para-hydroxylation sites is 2. The lowest BCUT2D eigenvalue weighted by Gasteiger charge is -2.43. The number of hydrogen-bond acceptors (Lipinski definition) is 5. The molecule has 2 aromatic rings. The minimum Gasteiger partial charge on any atom is -0.389 e. The van der Waals surface area contributed by atoms with Gasteiger partial charge in [-0.1, -0.05) is 26.0 Å². The van der Waals surface area contributed by atoms with Gasteiger partial charge in [-0.2, -0.15) is 0 Å². The number of aliphatic hydroxyl groups is 1. The van der Waals surface area contributed by atoms with Crippen LogP contribution in [0.2, 0.25) is 0 Å². The van der Waals surface area contributed by atoms with Crippen LogP contribution in [0.1, 0.15) is 57.7 Å². The van der Waals surface area contributed by atoms with Crippen LogP contribution in [0.15, 0.2) is 24.3 Å². The van der Waals surface area contributed by atoms with Gasteiger partial charge in [-0.05, 0) is 37.8 Å². The predicted octanol–water partition coefficient (Wildman–Crippen LogP) is 2.67.